The van der Waals surface area contributed by atoms with Crippen LogP contribution in [0.2, 0.25) is 0 Å². The van der Waals surface area contributed by atoms with Gasteiger partial charge in [0.25, 0.3) is 0 Å². The first-order valence-electron chi connectivity index (χ1n) is 10.1. The van der Waals surface area contributed by atoms with E-state index in [1.54, 1.807) is 4.90 Å². The van der Waals surface area contributed by atoms with Crippen LogP contribution in [0.5, 0.6) is 0 Å². The molecule has 2 heterocycles. The van der Waals surface area contributed by atoms with Gasteiger partial charge in [-0.15, -0.1) is 0 Å². The van der Waals surface area contributed by atoms with Crippen molar-refractivity contribution in [3.8, 4) is 0 Å². The van der Waals surface area contributed by atoms with Crippen LogP contribution in [-0.2, 0) is 10.4 Å². The summed E-state index contributed by atoms with van der Waals surface area (Å²) in [6.07, 6.45) is 4.57. The van der Waals surface area contributed by atoms with Gasteiger partial charge in [-0.25, -0.2) is 4.79 Å². The van der Waals surface area contributed by atoms with Crippen molar-refractivity contribution in [2.75, 3.05) is 32.7 Å². The van der Waals surface area contributed by atoms with Crippen molar-refractivity contribution in [3.05, 3.63) is 35.9 Å². The molecule has 0 aromatic heterocycles. The molecule has 1 atom stereocenters. The summed E-state index contributed by atoms with van der Waals surface area (Å²) in [5.41, 5.74) is -0.0828. The van der Waals surface area contributed by atoms with E-state index < -0.39 is 5.60 Å². The molecule has 3 amide bonds. The predicted molar refractivity (Wildman–Crippen MR) is 102 cm³/mol. The average molecular weight is 371 g/mol. The largest absolute Gasteiger partial charge is 0.383 e. The van der Waals surface area contributed by atoms with Crippen LogP contribution in [0.1, 0.15) is 37.7 Å². The molecule has 0 radical (unpaired) electrons. The molecular weight excluding hydrogens is 342 g/mol. The number of hydrogen-bond donors (Lipinski definition) is 2. The second-order valence-corrected chi connectivity index (χ2v) is 8.30. The molecule has 1 saturated carbocycles. The summed E-state index contributed by atoms with van der Waals surface area (Å²) in [6.45, 7) is 3.16. The minimum absolute atomic E-state index is 0.0988. The molecule has 1 unspecified atom stereocenters. The van der Waals surface area contributed by atoms with Crippen LogP contribution in [0, 0.1) is 11.8 Å². The average Bonchev–Trinajstić information content (AvgIpc) is 3.48. The third-order valence-electron chi connectivity index (χ3n) is 6.24. The van der Waals surface area contributed by atoms with Crippen molar-refractivity contribution in [1.29, 1.82) is 0 Å². The summed E-state index contributed by atoms with van der Waals surface area (Å²) in [5.74, 6) is 1.04. The minimum atomic E-state index is -0.951. The number of carbonyl (C=O) groups excluding carboxylic acids is 2. The molecule has 146 valence electrons. The van der Waals surface area contributed by atoms with Crippen LogP contribution in [0.3, 0.4) is 0 Å². The van der Waals surface area contributed by atoms with Crippen molar-refractivity contribution in [3.63, 3.8) is 0 Å². The third kappa shape index (κ3) is 4.10. The summed E-state index contributed by atoms with van der Waals surface area (Å²) in [6, 6.07) is 9.48. The van der Waals surface area contributed by atoms with Crippen LogP contribution in [0.4, 0.5) is 4.79 Å². The van der Waals surface area contributed by atoms with Gasteiger partial charge in [0.05, 0.1) is 6.54 Å². The number of urea groups is 1. The fourth-order valence-corrected chi connectivity index (χ4v) is 4.24. The Balaban J connectivity index is 1.22. The van der Waals surface area contributed by atoms with E-state index in [2.05, 4.69) is 5.32 Å². The molecule has 1 aromatic carbocycles. The molecule has 2 N–H and O–H groups in total. The fraction of sp³-hybridized carbons (Fsp3) is 0.619. The Labute approximate surface area is 160 Å². The van der Waals surface area contributed by atoms with E-state index in [9.17, 15) is 14.7 Å². The topological polar surface area (TPSA) is 72.9 Å². The van der Waals surface area contributed by atoms with Crippen LogP contribution in [0.25, 0.3) is 0 Å². The maximum atomic E-state index is 12.5. The molecule has 27 heavy (non-hydrogen) atoms. The van der Waals surface area contributed by atoms with E-state index in [1.165, 1.54) is 0 Å². The predicted octanol–water partition coefficient (Wildman–Crippen LogP) is 1.94. The van der Waals surface area contributed by atoms with Gasteiger partial charge in [-0.05, 0) is 43.6 Å². The van der Waals surface area contributed by atoms with Crippen molar-refractivity contribution in [2.45, 2.75) is 37.7 Å². The molecule has 2 saturated heterocycles. The van der Waals surface area contributed by atoms with Gasteiger partial charge in [0.15, 0.2) is 0 Å². The SMILES string of the molecule is O=C(NCC1CCN(C(=O)C2CC2)CC1)N1CCC(O)(c2ccccc2)C1. The molecular formula is C21H29N3O3. The van der Waals surface area contributed by atoms with Crippen molar-refractivity contribution >= 4 is 11.9 Å². The number of likely N-dealkylation sites (tertiary alicyclic amines) is 2. The number of aliphatic hydroxyl groups is 1. The number of nitrogens with one attached hydrogen (secondary N) is 1. The highest BCUT2D eigenvalue weighted by Gasteiger charge is 2.40. The molecule has 6 nitrogen and oxygen atoms in total. The molecule has 6 heteroatoms. The smallest absolute Gasteiger partial charge is 0.317 e. The van der Waals surface area contributed by atoms with Crippen molar-refractivity contribution < 1.29 is 14.7 Å². The number of amides is 3. The number of hydrogen-bond acceptors (Lipinski definition) is 3. The lowest BCUT2D eigenvalue weighted by molar-refractivity contribution is -0.133. The van der Waals surface area contributed by atoms with E-state index in [0.29, 0.717) is 43.8 Å². The highest BCUT2D eigenvalue weighted by atomic mass is 16.3. The van der Waals surface area contributed by atoms with Crippen LogP contribution < -0.4 is 5.32 Å². The lowest BCUT2D eigenvalue weighted by atomic mass is 9.93. The number of benzene rings is 1. The third-order valence-corrected chi connectivity index (χ3v) is 6.24. The second-order valence-electron chi connectivity index (χ2n) is 8.30. The zero-order valence-electron chi connectivity index (χ0n) is 15.8. The highest BCUT2D eigenvalue weighted by Crippen LogP contribution is 2.33. The lowest BCUT2D eigenvalue weighted by Crippen LogP contribution is -2.45. The number of carbonyl (C=O) groups is 2. The molecule has 0 bridgehead atoms. The van der Waals surface area contributed by atoms with Gasteiger partial charge in [-0.1, -0.05) is 30.3 Å². The highest BCUT2D eigenvalue weighted by molar-refractivity contribution is 5.81. The lowest BCUT2D eigenvalue weighted by Gasteiger charge is -2.32. The van der Waals surface area contributed by atoms with Gasteiger partial charge >= 0.3 is 6.03 Å². The zero-order valence-corrected chi connectivity index (χ0v) is 15.8. The van der Waals surface area contributed by atoms with Crippen LogP contribution in [-0.4, -0.2) is 59.6 Å². The first-order chi connectivity index (χ1) is 13.0. The van der Waals surface area contributed by atoms with Gasteiger partial charge in [0.1, 0.15) is 5.60 Å². The van der Waals surface area contributed by atoms with Crippen LogP contribution in [0.15, 0.2) is 30.3 Å². The van der Waals surface area contributed by atoms with Gasteiger partial charge in [-0.3, -0.25) is 4.79 Å². The Morgan fingerprint density at radius 1 is 1.04 bits per heavy atom. The summed E-state index contributed by atoms with van der Waals surface area (Å²) in [5, 5.41) is 13.9. The first-order valence-corrected chi connectivity index (χ1v) is 10.1. The first kappa shape index (κ1) is 18.3. The molecule has 3 fully saturated rings. The molecule has 1 aliphatic carbocycles. The van der Waals surface area contributed by atoms with Crippen molar-refractivity contribution in [2.24, 2.45) is 11.8 Å². The standard InChI is InChI=1S/C21H29N3O3/c25-19(17-6-7-17)23-11-8-16(9-12-23)14-22-20(26)24-13-10-21(27,15-24)18-4-2-1-3-5-18/h1-5,16-17,27H,6-15H2,(H,22,26). The summed E-state index contributed by atoms with van der Waals surface area (Å²) in [4.78, 5) is 28.3. The van der Waals surface area contributed by atoms with E-state index in [1.807, 2.05) is 35.2 Å². The summed E-state index contributed by atoms with van der Waals surface area (Å²) in [7, 11) is 0. The Kier molecular flexibility index (Phi) is 5.08. The van der Waals surface area contributed by atoms with Crippen molar-refractivity contribution in [1.82, 2.24) is 15.1 Å². The summed E-state index contributed by atoms with van der Waals surface area (Å²) < 4.78 is 0. The number of β-amino-alcohol motifs (C(OH)–C–C–N with tert-alkyl or cyclic N) is 1. The maximum Gasteiger partial charge on any atom is 0.317 e. The van der Waals surface area contributed by atoms with E-state index in [0.717, 1.165) is 44.3 Å². The minimum Gasteiger partial charge on any atom is -0.383 e. The normalized spacial score (nSPS) is 26.3. The Morgan fingerprint density at radius 2 is 1.74 bits per heavy atom. The van der Waals surface area contributed by atoms with E-state index >= 15 is 0 Å². The molecule has 0 spiro atoms. The quantitative estimate of drug-likeness (QED) is 0.850. The monoisotopic (exact) mass is 371 g/mol. The molecule has 3 aliphatic rings. The van der Waals surface area contributed by atoms with E-state index in [4.69, 9.17) is 0 Å². The van der Waals surface area contributed by atoms with Gasteiger partial charge in [0.2, 0.25) is 5.91 Å². The van der Waals surface area contributed by atoms with Gasteiger partial charge in [-0.2, -0.15) is 0 Å². The second kappa shape index (κ2) is 7.50. The Hall–Kier alpha value is -2.08. The number of rotatable bonds is 4. The molecule has 2 aliphatic heterocycles. The summed E-state index contributed by atoms with van der Waals surface area (Å²) >= 11 is 0. The van der Waals surface area contributed by atoms with Gasteiger partial charge < -0.3 is 20.2 Å². The number of piperidine rings is 1. The van der Waals surface area contributed by atoms with Gasteiger partial charge in [0, 0.05) is 32.1 Å². The Bertz CT molecular complexity index is 683. The molecule has 4 rings (SSSR count). The number of nitrogens with zero attached hydrogens (tertiary/aromatic N) is 2. The Morgan fingerprint density at radius 3 is 2.41 bits per heavy atom. The molecule has 1 aromatic rings. The van der Waals surface area contributed by atoms with E-state index in [-0.39, 0.29) is 6.03 Å². The maximum absolute atomic E-state index is 12.5. The fourth-order valence-electron chi connectivity index (χ4n) is 4.24. The van der Waals surface area contributed by atoms with Crippen LogP contribution >= 0.6 is 0 Å². The zero-order chi connectivity index (χ0) is 18.9.